The van der Waals surface area contributed by atoms with Crippen LogP contribution in [0, 0.1) is 6.92 Å². The van der Waals surface area contributed by atoms with Crippen molar-refractivity contribution in [2.75, 3.05) is 11.9 Å². The van der Waals surface area contributed by atoms with Gasteiger partial charge in [0.05, 0.1) is 6.10 Å². The number of aliphatic hydroxyl groups is 1. The van der Waals surface area contributed by atoms with E-state index in [-0.39, 0.29) is 6.54 Å². The molecule has 0 saturated heterocycles. The molecular weight excluding hydrogens is 328 g/mol. The normalized spacial score (nSPS) is 11.6. The maximum Gasteiger partial charge on any atom is 0.313 e. The number of halogens is 1. The summed E-state index contributed by atoms with van der Waals surface area (Å²) in [5.74, 6) is -1.50. The summed E-state index contributed by atoms with van der Waals surface area (Å²) in [6.07, 6.45) is -0.365. The predicted molar refractivity (Wildman–Crippen MR) is 93.8 cm³/mol. The molecule has 0 aliphatic carbocycles. The topological polar surface area (TPSA) is 78.4 Å². The Morgan fingerprint density at radius 1 is 1.12 bits per heavy atom. The van der Waals surface area contributed by atoms with Crippen molar-refractivity contribution in [3.8, 4) is 0 Å². The molecule has 0 fully saturated rings. The zero-order chi connectivity index (χ0) is 17.5. The minimum Gasteiger partial charge on any atom is -0.388 e. The first-order valence-corrected chi connectivity index (χ1v) is 7.93. The summed E-state index contributed by atoms with van der Waals surface area (Å²) < 4.78 is 0. The number of benzene rings is 2. The Morgan fingerprint density at radius 3 is 2.50 bits per heavy atom. The van der Waals surface area contributed by atoms with Crippen molar-refractivity contribution in [3.05, 3.63) is 64.7 Å². The van der Waals surface area contributed by atoms with Gasteiger partial charge in [-0.3, -0.25) is 9.59 Å². The zero-order valence-electron chi connectivity index (χ0n) is 13.3. The van der Waals surface area contributed by atoms with E-state index in [4.69, 9.17) is 11.6 Å². The Morgan fingerprint density at radius 2 is 1.83 bits per heavy atom. The van der Waals surface area contributed by atoms with E-state index in [9.17, 15) is 14.7 Å². The maximum atomic E-state index is 11.9. The first-order valence-electron chi connectivity index (χ1n) is 7.55. The highest BCUT2D eigenvalue weighted by atomic mass is 35.5. The Kier molecular flexibility index (Phi) is 6.35. The lowest BCUT2D eigenvalue weighted by atomic mass is 10.1. The number of anilines is 1. The zero-order valence-corrected chi connectivity index (χ0v) is 14.0. The van der Waals surface area contributed by atoms with Crippen LogP contribution in [0.5, 0.6) is 0 Å². The number of hydrogen-bond donors (Lipinski definition) is 3. The summed E-state index contributed by atoms with van der Waals surface area (Å²) in [4.78, 5) is 23.7. The molecule has 0 heterocycles. The molecule has 0 spiro atoms. The molecule has 0 saturated carbocycles. The summed E-state index contributed by atoms with van der Waals surface area (Å²) in [5, 5.41) is 15.6. The molecule has 24 heavy (non-hydrogen) atoms. The van der Waals surface area contributed by atoms with Crippen molar-refractivity contribution < 1.29 is 14.7 Å². The SMILES string of the molecule is Cc1cc(Cl)ccc1NC(=O)C(=O)NCCC(O)c1ccccc1. The second kappa shape index (κ2) is 8.47. The molecule has 3 N–H and O–H groups in total. The third-order valence-corrected chi connectivity index (χ3v) is 3.77. The molecule has 5 nitrogen and oxygen atoms in total. The molecule has 2 aromatic carbocycles. The number of aliphatic hydroxyl groups excluding tert-OH is 1. The van der Waals surface area contributed by atoms with Gasteiger partial charge in [-0.05, 0) is 42.7 Å². The number of carbonyl (C=O) groups is 2. The standard InChI is InChI=1S/C18H19ClN2O3/c1-12-11-14(19)7-8-15(12)21-18(24)17(23)20-10-9-16(22)13-5-3-2-4-6-13/h2-8,11,16,22H,9-10H2,1H3,(H,20,23)(H,21,24). The molecule has 0 aliphatic heterocycles. The fourth-order valence-electron chi connectivity index (χ4n) is 2.19. The lowest BCUT2D eigenvalue weighted by Gasteiger charge is -2.12. The number of nitrogens with one attached hydrogen (secondary N) is 2. The van der Waals surface area contributed by atoms with Crippen LogP contribution in [-0.2, 0) is 9.59 Å². The fourth-order valence-corrected chi connectivity index (χ4v) is 2.42. The van der Waals surface area contributed by atoms with Gasteiger partial charge in [0.25, 0.3) is 0 Å². The van der Waals surface area contributed by atoms with Crippen LogP contribution in [0.1, 0.15) is 23.7 Å². The Balaban J connectivity index is 1.80. The molecule has 2 aromatic rings. The van der Waals surface area contributed by atoms with E-state index in [2.05, 4.69) is 10.6 Å². The molecule has 0 radical (unpaired) electrons. The summed E-state index contributed by atoms with van der Waals surface area (Å²) >= 11 is 5.85. The quantitative estimate of drug-likeness (QED) is 0.728. The van der Waals surface area contributed by atoms with Gasteiger partial charge in [-0.2, -0.15) is 0 Å². The highest BCUT2D eigenvalue weighted by Gasteiger charge is 2.15. The number of hydrogen-bond acceptors (Lipinski definition) is 3. The van der Waals surface area contributed by atoms with Gasteiger partial charge in [0.15, 0.2) is 0 Å². The van der Waals surface area contributed by atoms with Crippen molar-refractivity contribution >= 4 is 29.1 Å². The highest BCUT2D eigenvalue weighted by molar-refractivity contribution is 6.39. The van der Waals surface area contributed by atoms with E-state index in [1.165, 1.54) is 0 Å². The van der Waals surface area contributed by atoms with E-state index in [1.54, 1.807) is 25.1 Å². The first kappa shape index (κ1) is 18.0. The minimum absolute atomic E-state index is 0.196. The number of rotatable bonds is 5. The maximum absolute atomic E-state index is 11.9. The van der Waals surface area contributed by atoms with Crippen LogP contribution in [0.25, 0.3) is 0 Å². The van der Waals surface area contributed by atoms with Crippen LogP contribution >= 0.6 is 11.6 Å². The van der Waals surface area contributed by atoms with Gasteiger partial charge in [0.2, 0.25) is 0 Å². The van der Waals surface area contributed by atoms with Gasteiger partial charge in [-0.1, -0.05) is 41.9 Å². The summed E-state index contributed by atoms with van der Waals surface area (Å²) in [7, 11) is 0. The number of amides is 2. The number of carbonyl (C=O) groups excluding carboxylic acids is 2. The van der Waals surface area contributed by atoms with E-state index in [0.717, 1.165) is 11.1 Å². The van der Waals surface area contributed by atoms with Crippen LogP contribution in [-0.4, -0.2) is 23.5 Å². The Labute approximate surface area is 145 Å². The molecular formula is C18H19ClN2O3. The third kappa shape index (κ3) is 5.08. The van der Waals surface area contributed by atoms with Gasteiger partial charge in [-0.25, -0.2) is 0 Å². The molecule has 0 aliphatic rings. The van der Waals surface area contributed by atoms with Crippen LogP contribution in [0.2, 0.25) is 5.02 Å². The molecule has 1 unspecified atom stereocenters. The van der Waals surface area contributed by atoms with Crippen molar-refractivity contribution in [1.29, 1.82) is 0 Å². The first-order chi connectivity index (χ1) is 11.5. The summed E-state index contributed by atoms with van der Waals surface area (Å²) in [6, 6.07) is 14.1. The second-order valence-electron chi connectivity index (χ2n) is 5.38. The van der Waals surface area contributed by atoms with E-state index >= 15 is 0 Å². The largest absolute Gasteiger partial charge is 0.388 e. The average molecular weight is 347 g/mol. The van der Waals surface area contributed by atoms with Crippen molar-refractivity contribution in [1.82, 2.24) is 5.32 Å². The van der Waals surface area contributed by atoms with Gasteiger partial charge < -0.3 is 15.7 Å². The smallest absolute Gasteiger partial charge is 0.313 e. The molecule has 2 amide bonds. The van der Waals surface area contributed by atoms with E-state index in [0.29, 0.717) is 17.1 Å². The van der Waals surface area contributed by atoms with Gasteiger partial charge >= 0.3 is 11.8 Å². The van der Waals surface area contributed by atoms with Gasteiger partial charge in [0, 0.05) is 17.3 Å². The van der Waals surface area contributed by atoms with Gasteiger partial charge in [0.1, 0.15) is 0 Å². The minimum atomic E-state index is -0.755. The Hall–Kier alpha value is -2.37. The fraction of sp³-hybridized carbons (Fsp3) is 0.222. The molecule has 126 valence electrons. The average Bonchev–Trinajstić information content (AvgIpc) is 2.57. The molecule has 0 aromatic heterocycles. The summed E-state index contributed by atoms with van der Waals surface area (Å²) in [6.45, 7) is 1.98. The van der Waals surface area contributed by atoms with Crippen LogP contribution in [0.4, 0.5) is 5.69 Å². The highest BCUT2D eigenvalue weighted by Crippen LogP contribution is 2.19. The summed E-state index contributed by atoms with van der Waals surface area (Å²) in [5.41, 5.74) is 2.07. The van der Waals surface area contributed by atoms with Crippen LogP contribution in [0.15, 0.2) is 48.5 Å². The predicted octanol–water partition coefficient (Wildman–Crippen LogP) is 2.83. The van der Waals surface area contributed by atoms with Gasteiger partial charge in [-0.15, -0.1) is 0 Å². The van der Waals surface area contributed by atoms with Crippen molar-refractivity contribution in [2.24, 2.45) is 0 Å². The third-order valence-electron chi connectivity index (χ3n) is 3.53. The van der Waals surface area contributed by atoms with E-state index < -0.39 is 17.9 Å². The lowest BCUT2D eigenvalue weighted by Crippen LogP contribution is -2.36. The molecule has 0 bridgehead atoms. The second-order valence-corrected chi connectivity index (χ2v) is 5.82. The number of aryl methyl sites for hydroxylation is 1. The van der Waals surface area contributed by atoms with Crippen LogP contribution in [0.3, 0.4) is 0 Å². The van der Waals surface area contributed by atoms with Crippen molar-refractivity contribution in [2.45, 2.75) is 19.4 Å². The molecule has 2 rings (SSSR count). The van der Waals surface area contributed by atoms with Crippen LogP contribution < -0.4 is 10.6 Å². The lowest BCUT2D eigenvalue weighted by molar-refractivity contribution is -0.136. The Bertz CT molecular complexity index is 719. The van der Waals surface area contributed by atoms with E-state index in [1.807, 2.05) is 30.3 Å². The van der Waals surface area contributed by atoms with Crippen molar-refractivity contribution in [3.63, 3.8) is 0 Å². The molecule has 6 heteroatoms. The monoisotopic (exact) mass is 346 g/mol. The molecule has 1 atom stereocenters.